The van der Waals surface area contributed by atoms with Gasteiger partial charge in [-0.15, -0.1) is 5.10 Å². The Kier molecular flexibility index (Phi) is 4.30. The smallest absolute Gasteiger partial charge is 0.138 e. The van der Waals surface area contributed by atoms with Crippen LogP contribution in [-0.4, -0.2) is 70.2 Å². The van der Waals surface area contributed by atoms with Gasteiger partial charge in [0.15, 0.2) is 0 Å². The zero-order chi connectivity index (χ0) is 17.3. The van der Waals surface area contributed by atoms with Crippen LogP contribution >= 0.6 is 0 Å². The van der Waals surface area contributed by atoms with Crippen LogP contribution in [0.25, 0.3) is 0 Å². The SMILES string of the molecule is COc1ccc2c(c1)OC[C@]1(CO)CN(CCCn3cnnn3)C[C@H]21. The van der Waals surface area contributed by atoms with Crippen molar-refractivity contribution >= 4 is 0 Å². The second kappa shape index (κ2) is 6.61. The number of rotatable bonds is 6. The summed E-state index contributed by atoms with van der Waals surface area (Å²) in [5.74, 6) is 1.95. The second-order valence-corrected chi connectivity index (χ2v) is 6.93. The van der Waals surface area contributed by atoms with Gasteiger partial charge in [-0.2, -0.15) is 0 Å². The summed E-state index contributed by atoms with van der Waals surface area (Å²) in [4.78, 5) is 2.41. The Hall–Kier alpha value is -2.19. The molecule has 1 aromatic heterocycles. The number of tetrazole rings is 1. The zero-order valence-electron chi connectivity index (χ0n) is 14.3. The fourth-order valence-corrected chi connectivity index (χ4v) is 4.04. The molecule has 1 fully saturated rings. The second-order valence-electron chi connectivity index (χ2n) is 6.93. The molecule has 8 heteroatoms. The van der Waals surface area contributed by atoms with Crippen LogP contribution in [0, 0.1) is 5.41 Å². The van der Waals surface area contributed by atoms with Gasteiger partial charge in [-0.3, -0.25) is 0 Å². The van der Waals surface area contributed by atoms with Gasteiger partial charge < -0.3 is 19.5 Å². The number of aliphatic hydroxyl groups is 1. The first kappa shape index (κ1) is 16.3. The van der Waals surface area contributed by atoms with Crippen molar-refractivity contribution in [1.29, 1.82) is 0 Å². The molecule has 0 amide bonds. The molecule has 0 radical (unpaired) electrons. The van der Waals surface area contributed by atoms with Gasteiger partial charge in [-0.25, -0.2) is 4.68 Å². The molecular formula is C17H23N5O3. The van der Waals surface area contributed by atoms with Gasteiger partial charge in [-0.1, -0.05) is 6.07 Å². The molecular weight excluding hydrogens is 322 g/mol. The Balaban J connectivity index is 1.47. The van der Waals surface area contributed by atoms with Crippen molar-refractivity contribution in [2.45, 2.75) is 18.9 Å². The molecule has 1 saturated heterocycles. The van der Waals surface area contributed by atoms with Crippen molar-refractivity contribution in [3.63, 3.8) is 0 Å². The highest BCUT2D eigenvalue weighted by molar-refractivity contribution is 5.46. The van der Waals surface area contributed by atoms with Crippen LogP contribution < -0.4 is 9.47 Å². The van der Waals surface area contributed by atoms with Gasteiger partial charge in [0, 0.05) is 37.0 Å². The summed E-state index contributed by atoms with van der Waals surface area (Å²) < 4.78 is 13.0. The number of hydrogen-bond acceptors (Lipinski definition) is 7. The van der Waals surface area contributed by atoms with E-state index in [4.69, 9.17) is 9.47 Å². The van der Waals surface area contributed by atoms with Crippen LogP contribution in [0.5, 0.6) is 11.5 Å². The number of hydrogen-bond donors (Lipinski definition) is 1. The molecule has 3 heterocycles. The first-order chi connectivity index (χ1) is 12.2. The summed E-state index contributed by atoms with van der Waals surface area (Å²) in [6.45, 7) is 4.19. The van der Waals surface area contributed by atoms with Crippen LogP contribution in [-0.2, 0) is 6.54 Å². The minimum absolute atomic E-state index is 0.132. The lowest BCUT2D eigenvalue weighted by Gasteiger charge is -2.38. The summed E-state index contributed by atoms with van der Waals surface area (Å²) in [5, 5.41) is 21.3. The lowest BCUT2D eigenvalue weighted by atomic mass is 9.74. The molecule has 1 N–H and O–H groups in total. The fourth-order valence-electron chi connectivity index (χ4n) is 4.04. The summed E-state index contributed by atoms with van der Waals surface area (Å²) in [6, 6.07) is 5.99. The van der Waals surface area contributed by atoms with Gasteiger partial charge in [0.05, 0.1) is 20.3 Å². The number of aromatic nitrogens is 4. The summed E-state index contributed by atoms with van der Waals surface area (Å²) in [5.41, 5.74) is 0.945. The van der Waals surface area contributed by atoms with E-state index < -0.39 is 0 Å². The summed E-state index contributed by atoms with van der Waals surface area (Å²) in [7, 11) is 1.66. The van der Waals surface area contributed by atoms with Gasteiger partial charge >= 0.3 is 0 Å². The van der Waals surface area contributed by atoms with Crippen LogP contribution in [0.15, 0.2) is 24.5 Å². The Morgan fingerprint density at radius 3 is 3.08 bits per heavy atom. The maximum Gasteiger partial charge on any atom is 0.138 e. The minimum Gasteiger partial charge on any atom is -0.497 e. The molecule has 0 saturated carbocycles. The summed E-state index contributed by atoms with van der Waals surface area (Å²) in [6.07, 6.45) is 2.60. The van der Waals surface area contributed by atoms with Crippen LogP contribution in [0.3, 0.4) is 0 Å². The van der Waals surface area contributed by atoms with E-state index in [0.29, 0.717) is 6.61 Å². The average Bonchev–Trinajstić information content (AvgIpc) is 3.29. The molecule has 25 heavy (non-hydrogen) atoms. The van der Waals surface area contributed by atoms with Gasteiger partial charge in [0.1, 0.15) is 17.8 Å². The van der Waals surface area contributed by atoms with E-state index in [1.807, 2.05) is 12.1 Å². The average molecular weight is 345 g/mol. The molecule has 1 aromatic carbocycles. The zero-order valence-corrected chi connectivity index (χ0v) is 14.3. The Morgan fingerprint density at radius 1 is 1.40 bits per heavy atom. The Morgan fingerprint density at radius 2 is 2.32 bits per heavy atom. The highest BCUT2D eigenvalue weighted by atomic mass is 16.5. The molecule has 0 unspecified atom stereocenters. The third-order valence-electron chi connectivity index (χ3n) is 5.40. The maximum absolute atomic E-state index is 10.1. The minimum atomic E-state index is -0.226. The highest BCUT2D eigenvalue weighted by Gasteiger charge is 2.50. The first-order valence-corrected chi connectivity index (χ1v) is 8.59. The molecule has 0 bridgehead atoms. The molecule has 0 aliphatic carbocycles. The van der Waals surface area contributed by atoms with Gasteiger partial charge in [0.25, 0.3) is 0 Å². The van der Waals surface area contributed by atoms with E-state index in [-0.39, 0.29) is 17.9 Å². The van der Waals surface area contributed by atoms with Crippen molar-refractivity contribution in [3.8, 4) is 11.5 Å². The molecule has 2 aliphatic heterocycles. The lowest BCUT2D eigenvalue weighted by molar-refractivity contribution is 0.0459. The van der Waals surface area contributed by atoms with Crippen LogP contribution in [0.4, 0.5) is 0 Å². The van der Waals surface area contributed by atoms with Crippen molar-refractivity contribution in [1.82, 2.24) is 25.1 Å². The fraction of sp³-hybridized carbons (Fsp3) is 0.588. The Bertz CT molecular complexity index is 723. The molecule has 8 nitrogen and oxygen atoms in total. The van der Waals surface area contributed by atoms with Crippen molar-refractivity contribution in [3.05, 3.63) is 30.1 Å². The predicted octanol–water partition coefficient (Wildman–Crippen LogP) is 0.542. The third kappa shape index (κ3) is 2.96. The number of aliphatic hydroxyl groups excluding tert-OH is 1. The topological polar surface area (TPSA) is 85.5 Å². The van der Waals surface area contributed by atoms with Crippen LogP contribution in [0.2, 0.25) is 0 Å². The van der Waals surface area contributed by atoms with Gasteiger partial charge in [-0.05, 0) is 35.0 Å². The standard InChI is InChI=1S/C17H23N5O3/c1-24-13-3-4-14-15-8-21(5-2-6-22-12-18-19-20-22)9-17(15,10-23)11-25-16(14)7-13/h3-4,7,12,15,23H,2,5-6,8-11H2,1H3/t15-,17-/m1/s1. The van der Waals surface area contributed by atoms with Crippen molar-refractivity contribution < 1.29 is 14.6 Å². The highest BCUT2D eigenvalue weighted by Crippen LogP contribution is 2.50. The predicted molar refractivity (Wildman–Crippen MR) is 89.6 cm³/mol. The largest absolute Gasteiger partial charge is 0.497 e. The quantitative estimate of drug-likeness (QED) is 0.818. The molecule has 2 aromatic rings. The van der Waals surface area contributed by atoms with E-state index in [1.165, 1.54) is 5.56 Å². The number of nitrogens with zero attached hydrogens (tertiary/aromatic N) is 5. The van der Waals surface area contributed by atoms with E-state index in [2.05, 4.69) is 26.5 Å². The molecule has 2 aliphatic rings. The normalized spacial score (nSPS) is 25.3. The van der Waals surface area contributed by atoms with E-state index in [1.54, 1.807) is 18.1 Å². The first-order valence-electron chi connectivity index (χ1n) is 8.59. The van der Waals surface area contributed by atoms with Gasteiger partial charge in [0.2, 0.25) is 0 Å². The van der Waals surface area contributed by atoms with Crippen molar-refractivity contribution in [2.24, 2.45) is 5.41 Å². The van der Waals surface area contributed by atoms with E-state index in [0.717, 1.165) is 44.1 Å². The number of likely N-dealkylation sites (tertiary alicyclic amines) is 1. The molecule has 0 spiro atoms. The number of aryl methyl sites for hydroxylation is 1. The number of ether oxygens (including phenoxy) is 2. The van der Waals surface area contributed by atoms with E-state index in [9.17, 15) is 5.11 Å². The molecule has 4 rings (SSSR count). The number of methoxy groups -OCH3 is 1. The van der Waals surface area contributed by atoms with Crippen molar-refractivity contribution in [2.75, 3.05) is 40.0 Å². The number of fused-ring (bicyclic) bond motifs is 3. The number of benzene rings is 1. The lowest BCUT2D eigenvalue weighted by Crippen LogP contribution is -2.42. The molecule has 2 atom stereocenters. The maximum atomic E-state index is 10.1. The summed E-state index contributed by atoms with van der Waals surface area (Å²) >= 11 is 0. The monoisotopic (exact) mass is 345 g/mol. The Labute approximate surface area is 146 Å². The van der Waals surface area contributed by atoms with Crippen LogP contribution in [0.1, 0.15) is 17.9 Å². The molecule has 134 valence electrons. The van der Waals surface area contributed by atoms with E-state index >= 15 is 0 Å². The third-order valence-corrected chi connectivity index (χ3v) is 5.40.